The summed E-state index contributed by atoms with van der Waals surface area (Å²) in [7, 11) is 0. The van der Waals surface area contributed by atoms with Crippen LogP contribution in [0.3, 0.4) is 0 Å². The molecular formula is C23H23N7S. The summed E-state index contributed by atoms with van der Waals surface area (Å²) in [6.07, 6.45) is 6.05. The molecule has 0 saturated carbocycles. The number of fused-ring (bicyclic) bond motifs is 2. The van der Waals surface area contributed by atoms with Crippen molar-refractivity contribution in [2.45, 2.75) is 31.8 Å². The van der Waals surface area contributed by atoms with Gasteiger partial charge in [-0.05, 0) is 50.1 Å². The van der Waals surface area contributed by atoms with Crippen LogP contribution in [0.25, 0.3) is 20.9 Å². The van der Waals surface area contributed by atoms with Crippen LogP contribution in [0.5, 0.6) is 0 Å². The molecule has 2 aliphatic rings. The van der Waals surface area contributed by atoms with Crippen molar-refractivity contribution in [3.05, 3.63) is 54.4 Å². The van der Waals surface area contributed by atoms with E-state index in [1.54, 1.807) is 11.3 Å². The molecule has 6 heterocycles. The molecule has 7 nitrogen and oxygen atoms in total. The molecule has 2 saturated heterocycles. The van der Waals surface area contributed by atoms with E-state index in [0.29, 0.717) is 12.1 Å². The van der Waals surface area contributed by atoms with Crippen LogP contribution in [0.1, 0.15) is 18.4 Å². The maximum atomic E-state index is 4.87. The van der Waals surface area contributed by atoms with E-state index >= 15 is 0 Å². The van der Waals surface area contributed by atoms with Crippen molar-refractivity contribution in [3.63, 3.8) is 0 Å². The second-order valence-electron chi connectivity index (χ2n) is 8.13. The summed E-state index contributed by atoms with van der Waals surface area (Å²) in [6.45, 7) is 4.21. The quantitative estimate of drug-likeness (QED) is 0.505. The fraction of sp³-hybridized carbons (Fsp3) is 0.304. The summed E-state index contributed by atoms with van der Waals surface area (Å²) in [6, 6.07) is 13.3. The summed E-state index contributed by atoms with van der Waals surface area (Å²) in [5.41, 5.74) is 2.96. The van der Waals surface area contributed by atoms with Gasteiger partial charge in [0.15, 0.2) is 0 Å². The first kappa shape index (κ1) is 18.7. The van der Waals surface area contributed by atoms with E-state index in [1.165, 1.54) is 12.8 Å². The molecule has 2 N–H and O–H groups in total. The zero-order valence-corrected chi connectivity index (χ0v) is 18.1. The molecule has 0 aliphatic carbocycles. The standard InChI is InChI=1S/C23H23N7S/c1-14-4-3-9-25-22(14)23-27-16-12-20(26-13-18(16)31-23)28-19-5-2-6-21(29-19)30-11-8-15-17(30)7-10-24-15/h2-6,9,12-13,15,17,24H,7-8,10-11H2,1H3,(H,26,28,29). The van der Waals surface area contributed by atoms with Gasteiger partial charge in [-0.15, -0.1) is 11.3 Å². The lowest BCUT2D eigenvalue weighted by Crippen LogP contribution is -2.34. The van der Waals surface area contributed by atoms with Crippen molar-refractivity contribution in [2.24, 2.45) is 0 Å². The molecule has 4 aromatic rings. The van der Waals surface area contributed by atoms with Gasteiger partial charge in [0.25, 0.3) is 0 Å². The molecule has 8 heteroatoms. The van der Waals surface area contributed by atoms with Crippen LogP contribution in [0, 0.1) is 6.92 Å². The lowest BCUT2D eigenvalue weighted by molar-refractivity contribution is 0.600. The molecule has 2 unspecified atom stereocenters. The number of pyridine rings is 3. The molecule has 0 aromatic carbocycles. The van der Waals surface area contributed by atoms with Crippen molar-refractivity contribution in [1.29, 1.82) is 0 Å². The lowest BCUT2D eigenvalue weighted by Gasteiger charge is -2.24. The zero-order chi connectivity index (χ0) is 20.8. The Hall–Kier alpha value is -3.10. The van der Waals surface area contributed by atoms with Gasteiger partial charge >= 0.3 is 0 Å². The maximum Gasteiger partial charge on any atom is 0.143 e. The van der Waals surface area contributed by atoms with Crippen LogP contribution in [0.4, 0.5) is 17.5 Å². The summed E-state index contributed by atoms with van der Waals surface area (Å²) in [5, 5.41) is 7.88. The van der Waals surface area contributed by atoms with Gasteiger partial charge < -0.3 is 15.5 Å². The van der Waals surface area contributed by atoms with Crippen LogP contribution < -0.4 is 15.5 Å². The van der Waals surface area contributed by atoms with E-state index in [2.05, 4.69) is 50.6 Å². The highest BCUT2D eigenvalue weighted by atomic mass is 32.1. The zero-order valence-electron chi connectivity index (χ0n) is 17.2. The summed E-state index contributed by atoms with van der Waals surface area (Å²) < 4.78 is 1.05. The minimum absolute atomic E-state index is 0.556. The second-order valence-corrected chi connectivity index (χ2v) is 9.16. The number of hydrogen-bond acceptors (Lipinski definition) is 8. The Morgan fingerprint density at radius 2 is 2.06 bits per heavy atom. The highest BCUT2D eigenvalue weighted by molar-refractivity contribution is 7.21. The third-order valence-corrected chi connectivity index (χ3v) is 7.18. The fourth-order valence-electron chi connectivity index (χ4n) is 4.65. The number of anilines is 3. The van der Waals surface area contributed by atoms with E-state index in [0.717, 1.165) is 57.0 Å². The topological polar surface area (TPSA) is 78.9 Å². The Kier molecular flexibility index (Phi) is 4.54. The van der Waals surface area contributed by atoms with Gasteiger partial charge in [-0.2, -0.15) is 0 Å². The predicted molar refractivity (Wildman–Crippen MR) is 125 cm³/mol. The van der Waals surface area contributed by atoms with E-state index in [-0.39, 0.29) is 0 Å². The van der Waals surface area contributed by atoms with Gasteiger partial charge in [-0.25, -0.2) is 15.0 Å². The molecular weight excluding hydrogens is 406 g/mol. The van der Waals surface area contributed by atoms with Crippen molar-refractivity contribution in [3.8, 4) is 10.7 Å². The number of hydrogen-bond donors (Lipinski definition) is 2. The number of nitrogens with one attached hydrogen (secondary N) is 2. The molecule has 4 aromatic heterocycles. The first-order chi connectivity index (χ1) is 15.2. The molecule has 0 spiro atoms. The van der Waals surface area contributed by atoms with Gasteiger partial charge in [0.1, 0.15) is 28.2 Å². The average molecular weight is 430 g/mol. The number of nitrogens with zero attached hydrogens (tertiary/aromatic N) is 5. The van der Waals surface area contributed by atoms with Crippen molar-refractivity contribution < 1.29 is 0 Å². The average Bonchev–Trinajstić information content (AvgIpc) is 3.49. The highest BCUT2D eigenvalue weighted by Gasteiger charge is 2.37. The Bertz CT molecular complexity index is 1250. The van der Waals surface area contributed by atoms with Gasteiger partial charge in [0.2, 0.25) is 0 Å². The van der Waals surface area contributed by atoms with Gasteiger partial charge in [0.05, 0.1) is 10.2 Å². The molecule has 2 atom stereocenters. The van der Waals surface area contributed by atoms with E-state index < -0.39 is 0 Å². The Morgan fingerprint density at radius 3 is 3.00 bits per heavy atom. The van der Waals surface area contributed by atoms with Crippen LogP contribution in [0.2, 0.25) is 0 Å². The first-order valence-corrected chi connectivity index (χ1v) is 11.5. The summed E-state index contributed by atoms with van der Waals surface area (Å²) in [5.74, 6) is 2.58. The molecule has 156 valence electrons. The fourth-order valence-corrected chi connectivity index (χ4v) is 5.62. The second kappa shape index (κ2) is 7.55. The van der Waals surface area contributed by atoms with Crippen molar-refractivity contribution >= 4 is 39.0 Å². The van der Waals surface area contributed by atoms with Crippen LogP contribution in [0.15, 0.2) is 48.8 Å². The Labute approximate surface area is 184 Å². The van der Waals surface area contributed by atoms with Crippen LogP contribution >= 0.6 is 11.3 Å². The molecule has 2 fully saturated rings. The smallest absolute Gasteiger partial charge is 0.143 e. The van der Waals surface area contributed by atoms with Crippen LogP contribution in [-0.2, 0) is 0 Å². The Balaban J connectivity index is 1.26. The van der Waals surface area contributed by atoms with E-state index in [4.69, 9.17) is 9.97 Å². The molecule has 0 bridgehead atoms. The number of thiazole rings is 1. The monoisotopic (exact) mass is 429 g/mol. The number of rotatable bonds is 4. The van der Waals surface area contributed by atoms with Gasteiger partial charge in [-0.3, -0.25) is 4.98 Å². The molecule has 6 rings (SSSR count). The largest absolute Gasteiger partial charge is 0.352 e. The minimum Gasteiger partial charge on any atom is -0.352 e. The number of aromatic nitrogens is 4. The van der Waals surface area contributed by atoms with E-state index in [9.17, 15) is 0 Å². The third-order valence-electron chi connectivity index (χ3n) is 6.16. The maximum absolute atomic E-state index is 4.87. The first-order valence-electron chi connectivity index (χ1n) is 10.7. The SMILES string of the molecule is Cc1cccnc1-c1nc2cc(Nc3cccc(N4CCC5NCCC54)n3)ncc2s1. The van der Waals surface area contributed by atoms with Crippen LogP contribution in [-0.4, -0.2) is 45.1 Å². The lowest BCUT2D eigenvalue weighted by atomic mass is 10.1. The van der Waals surface area contributed by atoms with Crippen molar-refractivity contribution in [2.75, 3.05) is 23.3 Å². The molecule has 2 aliphatic heterocycles. The Morgan fingerprint density at radius 1 is 1.10 bits per heavy atom. The summed E-state index contributed by atoms with van der Waals surface area (Å²) >= 11 is 1.62. The third kappa shape index (κ3) is 3.41. The van der Waals surface area contributed by atoms with Gasteiger partial charge in [-0.1, -0.05) is 12.1 Å². The van der Waals surface area contributed by atoms with Crippen molar-refractivity contribution in [1.82, 2.24) is 25.3 Å². The summed E-state index contributed by atoms with van der Waals surface area (Å²) in [4.78, 5) is 21.2. The van der Waals surface area contributed by atoms with Gasteiger partial charge in [0, 0.05) is 37.1 Å². The predicted octanol–water partition coefficient (Wildman–Crippen LogP) is 4.14. The highest BCUT2D eigenvalue weighted by Crippen LogP contribution is 2.32. The molecule has 31 heavy (non-hydrogen) atoms. The number of aryl methyl sites for hydroxylation is 1. The minimum atomic E-state index is 0.556. The molecule has 0 amide bonds. The van der Waals surface area contributed by atoms with E-state index in [1.807, 2.05) is 30.6 Å². The molecule has 0 radical (unpaired) electrons. The normalized spacial score (nSPS) is 20.4.